The fraction of sp³-hybridized carbons (Fsp3) is 0.647. The third-order valence-electron chi connectivity index (χ3n) is 4.93. The van der Waals surface area contributed by atoms with Crippen molar-refractivity contribution in [3.63, 3.8) is 0 Å². The van der Waals surface area contributed by atoms with Crippen LogP contribution in [0.5, 0.6) is 0 Å². The number of hydrogen-bond donors (Lipinski definition) is 1. The van der Waals surface area contributed by atoms with Crippen LogP contribution >= 0.6 is 24.0 Å². The van der Waals surface area contributed by atoms with Gasteiger partial charge >= 0.3 is 0 Å². The third kappa shape index (κ3) is 4.14. The largest absolute Gasteiger partial charge is 0.314 e. The molecule has 124 valence electrons. The second-order valence-corrected chi connectivity index (χ2v) is 6.71. The minimum absolute atomic E-state index is 0. The maximum absolute atomic E-state index is 13.5. The molecule has 1 aliphatic carbocycles. The highest BCUT2D eigenvalue weighted by Gasteiger charge is 2.31. The van der Waals surface area contributed by atoms with Crippen LogP contribution in [-0.2, 0) is 0 Å². The van der Waals surface area contributed by atoms with Gasteiger partial charge in [-0.25, -0.2) is 4.39 Å². The molecule has 1 aromatic carbocycles. The molecule has 0 bridgehead atoms. The molecule has 0 spiro atoms. The molecule has 1 heterocycles. The molecule has 2 nitrogen and oxygen atoms in total. The van der Waals surface area contributed by atoms with Crippen molar-refractivity contribution in [3.05, 3.63) is 34.6 Å². The number of piperazine rings is 1. The smallest absolute Gasteiger partial charge is 0.141 e. The highest BCUT2D eigenvalue weighted by atomic mass is 35.5. The Morgan fingerprint density at radius 2 is 1.82 bits per heavy atom. The zero-order valence-electron chi connectivity index (χ0n) is 12.9. The third-order valence-corrected chi connectivity index (χ3v) is 5.22. The van der Waals surface area contributed by atoms with Gasteiger partial charge in [0.25, 0.3) is 0 Å². The molecular weight excluding hydrogens is 322 g/mol. The van der Waals surface area contributed by atoms with E-state index in [9.17, 15) is 4.39 Å². The van der Waals surface area contributed by atoms with Gasteiger partial charge in [-0.3, -0.25) is 4.90 Å². The van der Waals surface area contributed by atoms with Crippen LogP contribution in [0.25, 0.3) is 0 Å². The Kier molecular flexibility index (Phi) is 6.94. The van der Waals surface area contributed by atoms with E-state index in [4.69, 9.17) is 11.6 Å². The van der Waals surface area contributed by atoms with Crippen molar-refractivity contribution in [3.8, 4) is 0 Å². The van der Waals surface area contributed by atoms with Crippen molar-refractivity contribution < 1.29 is 4.39 Å². The van der Waals surface area contributed by atoms with Crippen LogP contribution in [0.3, 0.4) is 0 Å². The second kappa shape index (κ2) is 8.49. The summed E-state index contributed by atoms with van der Waals surface area (Å²) < 4.78 is 13.5. The first-order valence-corrected chi connectivity index (χ1v) is 8.53. The predicted molar refractivity (Wildman–Crippen MR) is 92.4 cm³/mol. The van der Waals surface area contributed by atoms with Crippen molar-refractivity contribution in [2.45, 2.75) is 38.1 Å². The minimum Gasteiger partial charge on any atom is -0.314 e. The summed E-state index contributed by atoms with van der Waals surface area (Å²) in [5.41, 5.74) is 1.19. The number of nitrogens with one attached hydrogen (secondary N) is 1. The summed E-state index contributed by atoms with van der Waals surface area (Å²) >= 11 is 6.03. The van der Waals surface area contributed by atoms with Gasteiger partial charge in [0.2, 0.25) is 0 Å². The van der Waals surface area contributed by atoms with Gasteiger partial charge in [-0.2, -0.15) is 0 Å². The second-order valence-electron chi connectivity index (χ2n) is 6.30. The maximum atomic E-state index is 13.5. The number of hydrogen-bond acceptors (Lipinski definition) is 2. The molecular formula is C17H25Cl2FN2. The van der Waals surface area contributed by atoms with Gasteiger partial charge in [0.1, 0.15) is 5.82 Å². The molecule has 3 rings (SSSR count). The fourth-order valence-corrected chi connectivity index (χ4v) is 4.08. The van der Waals surface area contributed by atoms with Crippen LogP contribution < -0.4 is 5.32 Å². The van der Waals surface area contributed by atoms with Gasteiger partial charge in [-0.1, -0.05) is 36.9 Å². The van der Waals surface area contributed by atoms with Crippen LogP contribution in [-0.4, -0.2) is 31.1 Å². The van der Waals surface area contributed by atoms with Crippen LogP contribution in [0, 0.1) is 11.7 Å². The summed E-state index contributed by atoms with van der Waals surface area (Å²) in [5, 5.41) is 3.67. The normalized spacial score (nSPS) is 22.1. The Labute approximate surface area is 143 Å². The molecule has 1 atom stereocenters. The number of benzene rings is 1. The van der Waals surface area contributed by atoms with Crippen LogP contribution in [0.4, 0.5) is 4.39 Å². The molecule has 1 aliphatic heterocycles. The Morgan fingerprint density at radius 3 is 2.45 bits per heavy atom. The van der Waals surface area contributed by atoms with Gasteiger partial charge in [-0.15, -0.1) is 12.4 Å². The van der Waals surface area contributed by atoms with Gasteiger partial charge in [-0.05, 0) is 36.5 Å². The van der Waals surface area contributed by atoms with E-state index in [0.717, 1.165) is 26.2 Å². The molecule has 1 aromatic rings. The Bertz CT molecular complexity index is 454. The predicted octanol–water partition coefficient (Wildman–Crippen LogP) is 4.43. The quantitative estimate of drug-likeness (QED) is 0.870. The topological polar surface area (TPSA) is 15.3 Å². The first-order valence-electron chi connectivity index (χ1n) is 8.15. The summed E-state index contributed by atoms with van der Waals surface area (Å²) in [6.45, 7) is 4.21. The molecule has 2 fully saturated rings. The highest BCUT2D eigenvalue weighted by Crippen LogP contribution is 2.39. The van der Waals surface area contributed by atoms with Crippen LogP contribution in [0.15, 0.2) is 18.2 Å². The SMILES string of the molecule is Cl.Fc1ccc([C@H](C2CCCCC2)N2CCNCC2)cc1Cl. The number of nitrogens with zero attached hydrogens (tertiary/aromatic N) is 1. The number of rotatable bonds is 3. The highest BCUT2D eigenvalue weighted by molar-refractivity contribution is 6.30. The molecule has 1 saturated heterocycles. The molecule has 0 unspecified atom stereocenters. The monoisotopic (exact) mass is 346 g/mol. The summed E-state index contributed by atoms with van der Waals surface area (Å²) in [5.74, 6) is 0.362. The van der Waals surface area contributed by atoms with Gasteiger partial charge < -0.3 is 5.32 Å². The summed E-state index contributed by atoms with van der Waals surface area (Å²) in [6, 6.07) is 5.70. The lowest BCUT2D eigenvalue weighted by Gasteiger charge is -2.41. The molecule has 1 saturated carbocycles. The van der Waals surface area contributed by atoms with E-state index in [0.29, 0.717) is 12.0 Å². The lowest BCUT2D eigenvalue weighted by molar-refractivity contribution is 0.103. The van der Waals surface area contributed by atoms with Gasteiger partial charge in [0, 0.05) is 32.2 Å². The zero-order chi connectivity index (χ0) is 14.7. The van der Waals surface area contributed by atoms with Crippen molar-refractivity contribution in [1.82, 2.24) is 10.2 Å². The van der Waals surface area contributed by atoms with E-state index < -0.39 is 0 Å². The Hall–Kier alpha value is -0.350. The summed E-state index contributed by atoms with van der Waals surface area (Å²) in [7, 11) is 0. The average molecular weight is 347 g/mol. The molecule has 2 aliphatic rings. The standard InChI is InChI=1S/C17H24ClFN2.ClH/c18-15-12-14(6-7-16(15)19)17(13-4-2-1-3-5-13)21-10-8-20-9-11-21;/h6-7,12-13,17,20H,1-5,8-11H2;1H/t17-;/m0./s1. The van der Waals surface area contributed by atoms with Crippen LogP contribution in [0.1, 0.15) is 43.7 Å². The minimum atomic E-state index is -0.317. The fourth-order valence-electron chi connectivity index (χ4n) is 3.89. The van der Waals surface area contributed by atoms with E-state index in [2.05, 4.69) is 10.2 Å². The van der Waals surface area contributed by atoms with E-state index >= 15 is 0 Å². The van der Waals surface area contributed by atoms with Crippen molar-refractivity contribution in [1.29, 1.82) is 0 Å². The summed E-state index contributed by atoms with van der Waals surface area (Å²) in [4.78, 5) is 2.57. The number of halogens is 3. The van der Waals surface area contributed by atoms with Crippen molar-refractivity contribution in [2.75, 3.05) is 26.2 Å². The van der Waals surface area contributed by atoms with Crippen molar-refractivity contribution >= 4 is 24.0 Å². The zero-order valence-corrected chi connectivity index (χ0v) is 14.4. The van der Waals surface area contributed by atoms with E-state index in [1.165, 1.54) is 43.7 Å². The first kappa shape index (κ1) is 18.0. The molecule has 0 aromatic heterocycles. The molecule has 1 N–H and O–H groups in total. The van der Waals surface area contributed by atoms with E-state index in [-0.39, 0.29) is 23.2 Å². The average Bonchev–Trinajstić information content (AvgIpc) is 2.53. The Balaban J connectivity index is 0.00000176. The lowest BCUT2D eigenvalue weighted by atomic mass is 9.80. The lowest BCUT2D eigenvalue weighted by Crippen LogP contribution is -2.47. The summed E-state index contributed by atoms with van der Waals surface area (Å²) in [6.07, 6.45) is 6.56. The van der Waals surface area contributed by atoms with E-state index in [1.807, 2.05) is 12.1 Å². The Morgan fingerprint density at radius 1 is 1.14 bits per heavy atom. The van der Waals surface area contributed by atoms with E-state index in [1.54, 1.807) is 0 Å². The maximum Gasteiger partial charge on any atom is 0.141 e. The van der Waals surface area contributed by atoms with Gasteiger partial charge in [0.15, 0.2) is 0 Å². The molecule has 0 radical (unpaired) electrons. The molecule has 0 amide bonds. The first-order chi connectivity index (χ1) is 10.3. The van der Waals surface area contributed by atoms with Crippen molar-refractivity contribution in [2.24, 2.45) is 5.92 Å². The molecule has 5 heteroatoms. The van der Waals surface area contributed by atoms with Gasteiger partial charge in [0.05, 0.1) is 5.02 Å². The molecule has 22 heavy (non-hydrogen) atoms. The van der Waals surface area contributed by atoms with Crippen LogP contribution in [0.2, 0.25) is 5.02 Å².